The highest BCUT2D eigenvalue weighted by molar-refractivity contribution is 7.22. The van der Waals surface area contributed by atoms with Crippen LogP contribution in [0.1, 0.15) is 22.5 Å². The lowest BCUT2D eigenvalue weighted by Crippen LogP contribution is -2.13. The Kier molecular flexibility index (Phi) is 6.61. The Bertz CT molecular complexity index is 1200. The van der Waals surface area contributed by atoms with Gasteiger partial charge < -0.3 is 15.8 Å². The summed E-state index contributed by atoms with van der Waals surface area (Å²) in [6, 6.07) is 17.2. The van der Waals surface area contributed by atoms with E-state index in [1.807, 2.05) is 35.2 Å². The van der Waals surface area contributed by atoms with Crippen LogP contribution in [-0.4, -0.2) is 22.4 Å². The van der Waals surface area contributed by atoms with Crippen LogP contribution < -0.4 is 20.6 Å². The van der Waals surface area contributed by atoms with Gasteiger partial charge in [-0.25, -0.2) is 4.98 Å². The molecule has 0 bridgehead atoms. The molecule has 1 amide bonds. The molecule has 0 saturated heterocycles. The number of amides is 1. The number of thiazole rings is 1. The predicted octanol–water partition coefficient (Wildman–Crippen LogP) is 5.00. The summed E-state index contributed by atoms with van der Waals surface area (Å²) in [5.41, 5.74) is 8.81. The van der Waals surface area contributed by atoms with Crippen molar-refractivity contribution in [3.05, 3.63) is 72.1 Å². The number of halogens is 1. The van der Waals surface area contributed by atoms with Crippen molar-refractivity contribution in [1.29, 1.82) is 0 Å². The first kappa shape index (κ1) is 21.0. The smallest absolute Gasteiger partial charge is 0.284 e. The van der Waals surface area contributed by atoms with Gasteiger partial charge in [-0.05, 0) is 55.3 Å². The number of rotatable bonds is 8. The second kappa shape index (κ2) is 9.74. The van der Waals surface area contributed by atoms with Gasteiger partial charge in [0.25, 0.3) is 5.91 Å². The summed E-state index contributed by atoms with van der Waals surface area (Å²) >= 11 is 6.92. The van der Waals surface area contributed by atoms with E-state index in [1.54, 1.807) is 17.4 Å². The normalized spacial score (nSPS) is 10.8. The Morgan fingerprint density at radius 1 is 1.10 bits per heavy atom. The average Bonchev–Trinajstić information content (AvgIpc) is 3.19. The number of hydrogen-bond donors (Lipinski definition) is 3. The maximum atomic E-state index is 11.6. The lowest BCUT2D eigenvalue weighted by molar-refractivity contribution is 0.0976. The number of ether oxygens (including phenoxy) is 1. The van der Waals surface area contributed by atoms with Gasteiger partial charge in [-0.15, -0.1) is 0 Å². The molecule has 9 heteroatoms. The zero-order chi connectivity index (χ0) is 21.6. The van der Waals surface area contributed by atoms with Crippen LogP contribution in [0.15, 0.2) is 60.8 Å². The molecule has 0 fully saturated rings. The molecule has 31 heavy (non-hydrogen) atoms. The molecule has 0 spiro atoms. The second-order valence-corrected chi connectivity index (χ2v) is 7.98. The topological polar surface area (TPSA) is 102 Å². The quantitative estimate of drug-likeness (QED) is 0.324. The molecule has 0 radical (unpaired) electrons. The lowest BCUT2D eigenvalue weighted by atomic mass is 10.1. The first-order valence-corrected chi connectivity index (χ1v) is 10.9. The van der Waals surface area contributed by atoms with Gasteiger partial charge in [0.1, 0.15) is 17.2 Å². The fourth-order valence-corrected chi connectivity index (χ4v) is 3.96. The van der Waals surface area contributed by atoms with Crippen molar-refractivity contribution >= 4 is 50.1 Å². The molecule has 0 unspecified atom stereocenters. The number of nitrogens with two attached hydrogens (primary N) is 1. The van der Waals surface area contributed by atoms with Crippen LogP contribution in [0.2, 0.25) is 0 Å². The molecular weight excluding hydrogens is 434 g/mol. The van der Waals surface area contributed by atoms with Gasteiger partial charge in [-0.3, -0.25) is 14.6 Å². The summed E-state index contributed by atoms with van der Waals surface area (Å²) < 4.78 is 6.90. The number of hydrogen-bond acceptors (Lipinski definition) is 7. The van der Waals surface area contributed by atoms with Gasteiger partial charge in [0, 0.05) is 35.8 Å². The van der Waals surface area contributed by atoms with Gasteiger partial charge in [-0.1, -0.05) is 23.5 Å². The largest absolute Gasteiger partial charge is 0.457 e. The van der Waals surface area contributed by atoms with Crippen molar-refractivity contribution in [2.75, 3.05) is 11.9 Å². The van der Waals surface area contributed by atoms with Crippen LogP contribution in [0, 0.1) is 0 Å². The van der Waals surface area contributed by atoms with Crippen molar-refractivity contribution in [3.8, 4) is 11.5 Å². The molecule has 0 saturated carbocycles. The minimum atomic E-state index is -0.495. The predicted molar refractivity (Wildman–Crippen MR) is 124 cm³/mol. The monoisotopic (exact) mass is 453 g/mol. The van der Waals surface area contributed by atoms with Crippen LogP contribution in [0.5, 0.6) is 11.5 Å². The molecule has 0 aliphatic carbocycles. The highest BCUT2D eigenvalue weighted by atomic mass is 35.5. The van der Waals surface area contributed by atoms with Crippen LogP contribution in [0.25, 0.3) is 10.2 Å². The Labute approximate surface area is 188 Å². The van der Waals surface area contributed by atoms with Crippen LogP contribution in [0.4, 0.5) is 10.8 Å². The minimum absolute atomic E-state index is 0.169. The second-order valence-electron chi connectivity index (χ2n) is 6.77. The third kappa shape index (κ3) is 5.29. The molecule has 4 rings (SSSR count). The summed E-state index contributed by atoms with van der Waals surface area (Å²) in [4.78, 5) is 22.3. The number of fused-ring (bicyclic) bond motifs is 1. The Balaban J connectivity index is 1.47. The van der Waals surface area contributed by atoms with E-state index in [4.69, 9.17) is 22.2 Å². The summed E-state index contributed by atoms with van der Waals surface area (Å²) in [5.74, 6) is 0.593. The van der Waals surface area contributed by atoms with Crippen molar-refractivity contribution < 1.29 is 9.53 Å². The number of nitrogens with one attached hydrogen (secondary N) is 2. The summed E-state index contributed by atoms with van der Waals surface area (Å²) in [6.07, 6.45) is 3.45. The third-order valence-corrected chi connectivity index (χ3v) is 5.64. The van der Waals surface area contributed by atoms with E-state index in [1.165, 1.54) is 17.8 Å². The van der Waals surface area contributed by atoms with Crippen LogP contribution >= 0.6 is 23.1 Å². The van der Waals surface area contributed by atoms with Crippen molar-refractivity contribution in [1.82, 2.24) is 14.8 Å². The van der Waals surface area contributed by atoms with E-state index in [2.05, 4.69) is 27.4 Å². The third-order valence-electron chi connectivity index (χ3n) is 4.52. The van der Waals surface area contributed by atoms with Crippen molar-refractivity contribution in [3.63, 3.8) is 0 Å². The van der Waals surface area contributed by atoms with Gasteiger partial charge in [-0.2, -0.15) is 0 Å². The Morgan fingerprint density at radius 3 is 2.68 bits per heavy atom. The Hall–Kier alpha value is -3.20. The highest BCUT2D eigenvalue weighted by Crippen LogP contribution is 2.32. The molecule has 7 nitrogen and oxygen atoms in total. The number of aryl methyl sites for hydroxylation is 1. The van der Waals surface area contributed by atoms with Gasteiger partial charge in [0.2, 0.25) is 0 Å². The first-order chi connectivity index (χ1) is 15.1. The van der Waals surface area contributed by atoms with Crippen molar-refractivity contribution in [2.24, 2.45) is 5.73 Å². The van der Waals surface area contributed by atoms with Crippen molar-refractivity contribution in [2.45, 2.75) is 12.8 Å². The van der Waals surface area contributed by atoms with E-state index in [0.717, 1.165) is 33.9 Å². The Morgan fingerprint density at radius 2 is 1.90 bits per heavy atom. The SMILES string of the molecule is NCCCc1ccc(Nc2nc3cc(Oc4ccnc(C(=O)NCl)c4)ccc3s2)cc1. The number of anilines is 2. The number of pyridine rings is 1. The minimum Gasteiger partial charge on any atom is -0.457 e. The zero-order valence-electron chi connectivity index (χ0n) is 16.5. The lowest BCUT2D eigenvalue weighted by Gasteiger charge is -2.06. The molecule has 2 aromatic carbocycles. The van der Waals surface area contributed by atoms with Gasteiger partial charge in [0.15, 0.2) is 5.13 Å². The molecule has 0 aliphatic heterocycles. The maximum absolute atomic E-state index is 11.6. The molecule has 4 aromatic rings. The molecule has 158 valence electrons. The summed E-state index contributed by atoms with van der Waals surface area (Å²) in [6.45, 7) is 0.697. The number of nitrogens with zero attached hydrogens (tertiary/aromatic N) is 2. The molecule has 0 aliphatic rings. The van der Waals surface area contributed by atoms with Crippen LogP contribution in [-0.2, 0) is 6.42 Å². The maximum Gasteiger partial charge on any atom is 0.284 e. The fourth-order valence-electron chi connectivity index (χ4n) is 2.99. The van der Waals surface area contributed by atoms with E-state index < -0.39 is 5.91 Å². The van der Waals surface area contributed by atoms with E-state index in [0.29, 0.717) is 18.0 Å². The molecule has 0 atom stereocenters. The number of aromatic nitrogens is 2. The van der Waals surface area contributed by atoms with Gasteiger partial charge >= 0.3 is 0 Å². The number of benzene rings is 2. The summed E-state index contributed by atoms with van der Waals surface area (Å²) in [7, 11) is 0. The van der Waals surface area contributed by atoms with E-state index >= 15 is 0 Å². The first-order valence-electron chi connectivity index (χ1n) is 9.66. The number of carbonyl (C=O) groups is 1. The highest BCUT2D eigenvalue weighted by Gasteiger charge is 2.10. The molecular formula is C22H20ClN5O2S. The van der Waals surface area contributed by atoms with E-state index in [9.17, 15) is 4.79 Å². The molecule has 2 aromatic heterocycles. The zero-order valence-corrected chi connectivity index (χ0v) is 18.0. The number of carbonyl (C=O) groups excluding carboxylic acids is 1. The standard InChI is InChI=1S/C22H20ClN5O2S/c23-28-21(29)19-13-17(9-11-25-19)30-16-7-8-20-18(12-16)27-22(31-20)26-15-5-3-14(4-6-15)2-1-10-24/h3-9,11-13H,1-2,10,24H2,(H,26,27)(H,28,29). The summed E-state index contributed by atoms with van der Waals surface area (Å²) in [5, 5.41) is 4.15. The average molecular weight is 454 g/mol. The molecule has 4 N–H and O–H groups in total. The van der Waals surface area contributed by atoms with Gasteiger partial charge in [0.05, 0.1) is 10.2 Å². The fraction of sp³-hybridized carbons (Fsp3) is 0.136. The van der Waals surface area contributed by atoms with E-state index in [-0.39, 0.29) is 5.69 Å². The molecule has 2 heterocycles. The van der Waals surface area contributed by atoms with Crippen LogP contribution in [0.3, 0.4) is 0 Å².